The Hall–Kier alpha value is -10.9. The first-order valence-electron chi connectivity index (χ1n) is 32.1. The van der Waals surface area contributed by atoms with E-state index in [9.17, 15) is 9.90 Å². The third-order valence-electron chi connectivity index (χ3n) is 19.3. The largest absolute Gasteiger partial charge is 0.384 e. The molecule has 0 heterocycles. The zero-order valence-electron chi connectivity index (χ0n) is 52.2. The van der Waals surface area contributed by atoms with Crippen molar-refractivity contribution in [2.75, 3.05) is 9.80 Å². The Morgan fingerprint density at radius 3 is 1.49 bits per heavy atom. The van der Waals surface area contributed by atoms with Crippen LogP contribution in [0.1, 0.15) is 93.1 Å². The van der Waals surface area contributed by atoms with Crippen LogP contribution >= 0.6 is 0 Å². The minimum absolute atomic E-state index is 0.0270. The number of carbonyl (C=O) groups is 1. The third kappa shape index (κ3) is 10.8. The number of nitrogens with zero attached hydrogens (tertiary/aromatic N) is 2. The monoisotopic (exact) mass is 1190 g/mol. The summed E-state index contributed by atoms with van der Waals surface area (Å²) in [4.78, 5) is 17.6. The second kappa shape index (κ2) is 24.5. The summed E-state index contributed by atoms with van der Waals surface area (Å²) in [6.45, 7) is 8.87. The van der Waals surface area contributed by atoms with E-state index in [0.717, 1.165) is 51.7 Å². The smallest absolute Gasteiger partial charge is 0.193 e. The van der Waals surface area contributed by atoms with Crippen molar-refractivity contribution in [2.45, 2.75) is 52.1 Å². The molecule has 4 aliphatic rings. The normalized spacial score (nSPS) is 15.6. The van der Waals surface area contributed by atoms with Crippen LogP contribution < -0.4 is 9.80 Å². The van der Waals surface area contributed by atoms with Crippen LogP contribution in [-0.2, 0) is 0 Å². The summed E-state index contributed by atoms with van der Waals surface area (Å²) in [5, 5.41) is 18.9. The molecule has 0 amide bonds. The Morgan fingerprint density at radius 2 is 0.902 bits per heavy atom. The maximum Gasteiger partial charge on any atom is 0.193 e. The molecule has 0 fully saturated rings. The van der Waals surface area contributed by atoms with E-state index in [1.165, 1.54) is 93.6 Å². The molecule has 4 nitrogen and oxygen atoms in total. The minimum Gasteiger partial charge on any atom is -0.384 e. The van der Waals surface area contributed by atoms with Gasteiger partial charge in [-0.05, 0) is 199 Å². The van der Waals surface area contributed by atoms with Crippen LogP contribution in [0.3, 0.4) is 0 Å². The van der Waals surface area contributed by atoms with Crippen molar-refractivity contribution in [1.82, 2.24) is 0 Å². The number of hydrogen-bond donors (Lipinski definition) is 1. The van der Waals surface area contributed by atoms with E-state index >= 15 is 0 Å². The second-order valence-electron chi connectivity index (χ2n) is 25.0. The molecule has 0 radical (unpaired) electrons. The Balaban J connectivity index is 0.000000153. The molecule has 92 heavy (non-hydrogen) atoms. The molecule has 0 saturated carbocycles. The van der Waals surface area contributed by atoms with Gasteiger partial charge in [-0.15, -0.1) is 0 Å². The number of hydrogen-bond acceptors (Lipinski definition) is 4. The number of carbonyl (C=O) groups excluding carboxylic acids is 1. The summed E-state index contributed by atoms with van der Waals surface area (Å²) >= 11 is 0. The van der Waals surface area contributed by atoms with Gasteiger partial charge < -0.3 is 14.9 Å². The van der Waals surface area contributed by atoms with E-state index in [1.807, 2.05) is 97.1 Å². The molecule has 0 saturated heterocycles. The zero-order valence-corrected chi connectivity index (χ0v) is 52.2. The molecule has 16 rings (SSSR count). The summed E-state index contributed by atoms with van der Waals surface area (Å²) in [6.07, 6.45) is 18.9. The third-order valence-corrected chi connectivity index (χ3v) is 19.3. The number of ketones is 1. The molecule has 0 aliphatic heterocycles. The van der Waals surface area contributed by atoms with Crippen molar-refractivity contribution < 1.29 is 9.90 Å². The summed E-state index contributed by atoms with van der Waals surface area (Å²) in [5.74, 6) is 0.842. The van der Waals surface area contributed by atoms with Crippen LogP contribution in [0.4, 0.5) is 34.1 Å². The van der Waals surface area contributed by atoms with Crippen molar-refractivity contribution >= 4 is 72.2 Å². The number of aryl methyl sites for hydroxylation is 2. The Labute approximate surface area is 539 Å². The highest BCUT2D eigenvalue weighted by atomic mass is 16.3. The number of benzene rings is 12. The number of allylic oxidation sites excluding steroid dienone is 14. The Kier molecular flexibility index (Phi) is 15.3. The van der Waals surface area contributed by atoms with Crippen LogP contribution in [0.15, 0.2) is 343 Å². The topological polar surface area (TPSA) is 43.8 Å². The van der Waals surface area contributed by atoms with Crippen LogP contribution in [0.25, 0.3) is 32.3 Å². The van der Waals surface area contributed by atoms with Gasteiger partial charge in [0.05, 0.1) is 0 Å². The van der Waals surface area contributed by atoms with Gasteiger partial charge in [0, 0.05) is 63.0 Å². The molecule has 4 unspecified atom stereocenters. The first kappa shape index (κ1) is 57.5. The van der Waals surface area contributed by atoms with Crippen LogP contribution in [0.5, 0.6) is 0 Å². The first-order chi connectivity index (χ1) is 45.1. The van der Waals surface area contributed by atoms with Crippen LogP contribution in [0.2, 0.25) is 0 Å². The van der Waals surface area contributed by atoms with Crippen LogP contribution in [-0.4, -0.2) is 10.9 Å². The fraction of sp³-hybridized carbons (Fsp3) is 0.102. The van der Waals surface area contributed by atoms with Crippen molar-refractivity contribution in [3.63, 3.8) is 0 Å². The molecule has 4 heteroatoms. The SMILES string of the molecule is Cc1ccc(N(c2ccc(C(=O)c3ccccc3)cc2)c2ccc(C(C)c3ccc4ccc5cccc6ccc3c4c56)cc2)cc1.Cc1ccc(N(c2ccc(C(C)C3=CC=C4C=CC5=C6C(=CC=C3C46)CC=C5)cc2)c2ccc(C(O)c3ccccc3)cc2)cc1. The molecular weight excluding hydrogens is 1120 g/mol. The molecule has 444 valence electrons. The average Bonchev–Trinajstić information content (AvgIpc) is 0.757. The highest BCUT2D eigenvalue weighted by Crippen LogP contribution is 2.51. The summed E-state index contributed by atoms with van der Waals surface area (Å²) in [7, 11) is 0. The summed E-state index contributed by atoms with van der Waals surface area (Å²) in [6, 6.07) is 90.9. The lowest BCUT2D eigenvalue weighted by Gasteiger charge is -2.38. The lowest BCUT2D eigenvalue weighted by Crippen LogP contribution is -2.24. The molecule has 4 atom stereocenters. The molecule has 1 N–H and O–H groups in total. The summed E-state index contributed by atoms with van der Waals surface area (Å²) in [5.41, 5.74) is 24.4. The van der Waals surface area contributed by atoms with E-state index in [4.69, 9.17) is 0 Å². The fourth-order valence-electron chi connectivity index (χ4n) is 14.3. The van der Waals surface area contributed by atoms with Gasteiger partial charge in [-0.2, -0.15) is 0 Å². The number of aliphatic hydroxyl groups is 1. The average molecular weight is 1190 g/mol. The van der Waals surface area contributed by atoms with Gasteiger partial charge in [0.2, 0.25) is 0 Å². The fourth-order valence-corrected chi connectivity index (χ4v) is 14.3. The van der Waals surface area contributed by atoms with Crippen molar-refractivity contribution in [1.29, 1.82) is 0 Å². The highest BCUT2D eigenvalue weighted by molar-refractivity contribution is 6.23. The number of aliphatic hydroxyl groups excluding tert-OH is 1. The van der Waals surface area contributed by atoms with E-state index in [1.54, 1.807) is 0 Å². The second-order valence-corrected chi connectivity index (χ2v) is 25.0. The van der Waals surface area contributed by atoms with Crippen molar-refractivity contribution in [3.05, 3.63) is 393 Å². The van der Waals surface area contributed by atoms with E-state index in [0.29, 0.717) is 17.0 Å². The molecule has 0 bridgehead atoms. The summed E-state index contributed by atoms with van der Waals surface area (Å²) < 4.78 is 0. The van der Waals surface area contributed by atoms with E-state index in [-0.39, 0.29) is 17.6 Å². The lowest BCUT2D eigenvalue weighted by atomic mass is 9.65. The Bertz CT molecular complexity index is 4950. The van der Waals surface area contributed by atoms with Gasteiger partial charge in [0.1, 0.15) is 6.10 Å². The van der Waals surface area contributed by atoms with Gasteiger partial charge in [-0.1, -0.05) is 250 Å². The van der Waals surface area contributed by atoms with Gasteiger partial charge >= 0.3 is 0 Å². The molecule has 12 aromatic rings. The van der Waals surface area contributed by atoms with Gasteiger partial charge in [0.25, 0.3) is 0 Å². The predicted octanol–water partition coefficient (Wildman–Crippen LogP) is 22.6. The van der Waals surface area contributed by atoms with Crippen LogP contribution in [0, 0.1) is 19.8 Å². The standard InChI is InChI=1S/C44H37NO.C44H33NO/c2*1-29-11-21-37(22-12-29)45(39-25-17-36(18-26-39)44(46)35-7-4-3-5-8-35)38-23-15-31(16-24-38)30(2)40-27-19-34-14-13-32-9-6-10-33-20-28-41(40)43(34)42(32)33/h3-9,11-28,30,43-44,46H,10H2,1-2H3;3-28,30H,1-2H3. The first-order valence-corrected chi connectivity index (χ1v) is 32.1. The number of anilines is 6. The lowest BCUT2D eigenvalue weighted by molar-refractivity contribution is 0.103. The molecule has 0 aromatic heterocycles. The van der Waals surface area contributed by atoms with E-state index < -0.39 is 6.10 Å². The molecule has 12 aromatic carbocycles. The minimum atomic E-state index is -0.660. The van der Waals surface area contributed by atoms with Gasteiger partial charge in [-0.3, -0.25) is 4.79 Å². The molecule has 4 aliphatic carbocycles. The zero-order chi connectivity index (χ0) is 62.4. The van der Waals surface area contributed by atoms with Crippen molar-refractivity contribution in [2.24, 2.45) is 5.92 Å². The maximum absolute atomic E-state index is 13.1. The number of rotatable bonds is 14. The predicted molar refractivity (Wildman–Crippen MR) is 384 cm³/mol. The van der Waals surface area contributed by atoms with Gasteiger partial charge in [-0.25, -0.2) is 0 Å². The molecule has 0 spiro atoms. The van der Waals surface area contributed by atoms with E-state index in [2.05, 4.69) is 250 Å². The van der Waals surface area contributed by atoms with Gasteiger partial charge in [0.15, 0.2) is 5.78 Å². The maximum atomic E-state index is 13.1. The molecular formula is C88H70N2O2. The Morgan fingerprint density at radius 1 is 0.424 bits per heavy atom. The quantitative estimate of drug-likeness (QED) is 0.0870. The van der Waals surface area contributed by atoms with Crippen molar-refractivity contribution in [3.8, 4) is 0 Å². The highest BCUT2D eigenvalue weighted by Gasteiger charge is 2.36.